The Kier molecular flexibility index (Phi) is 2.62. The van der Waals surface area contributed by atoms with E-state index in [0.717, 1.165) is 43.6 Å². The lowest BCUT2D eigenvalue weighted by Crippen LogP contribution is -2.18. The Labute approximate surface area is 109 Å². The van der Waals surface area contributed by atoms with Gasteiger partial charge in [0.1, 0.15) is 5.82 Å². The van der Waals surface area contributed by atoms with Crippen LogP contribution in [0.4, 0.5) is 13.2 Å². The zero-order chi connectivity index (χ0) is 13.7. The molecule has 1 heterocycles. The van der Waals surface area contributed by atoms with Crippen LogP contribution in [-0.4, -0.2) is 9.97 Å². The Balaban J connectivity index is 2.06. The number of hydrogen-bond donors (Lipinski definition) is 1. The first kappa shape index (κ1) is 12.5. The van der Waals surface area contributed by atoms with Gasteiger partial charge in [0.05, 0.1) is 16.6 Å². The molecule has 0 radical (unpaired) electrons. The van der Waals surface area contributed by atoms with E-state index in [-0.39, 0.29) is 5.41 Å². The zero-order valence-corrected chi connectivity index (χ0v) is 10.6. The van der Waals surface area contributed by atoms with E-state index in [2.05, 4.69) is 16.9 Å². The SMILES string of the molecule is CC1(c2nc3ccc(C(F)(F)F)cc3[nH]2)CCCC1. The summed E-state index contributed by atoms with van der Waals surface area (Å²) in [4.78, 5) is 7.55. The van der Waals surface area contributed by atoms with Crippen LogP contribution in [0.5, 0.6) is 0 Å². The molecule has 0 atom stereocenters. The number of rotatable bonds is 1. The van der Waals surface area contributed by atoms with Crippen LogP contribution in [0.25, 0.3) is 11.0 Å². The predicted molar refractivity (Wildman–Crippen MR) is 66.9 cm³/mol. The lowest BCUT2D eigenvalue weighted by molar-refractivity contribution is -0.137. The third-order valence-corrected chi connectivity index (χ3v) is 4.09. The van der Waals surface area contributed by atoms with Crippen molar-refractivity contribution in [1.29, 1.82) is 0 Å². The summed E-state index contributed by atoms with van der Waals surface area (Å²) in [5.74, 6) is 0.819. The first-order chi connectivity index (χ1) is 8.88. The van der Waals surface area contributed by atoms with Gasteiger partial charge in [-0.05, 0) is 31.0 Å². The molecule has 1 aromatic heterocycles. The average Bonchev–Trinajstić information content (AvgIpc) is 2.93. The fourth-order valence-electron chi connectivity index (χ4n) is 2.86. The fourth-order valence-corrected chi connectivity index (χ4v) is 2.86. The number of nitrogens with zero attached hydrogens (tertiary/aromatic N) is 1. The number of fused-ring (bicyclic) bond motifs is 1. The van der Waals surface area contributed by atoms with E-state index in [1.54, 1.807) is 0 Å². The Morgan fingerprint density at radius 2 is 1.89 bits per heavy atom. The molecule has 0 saturated heterocycles. The van der Waals surface area contributed by atoms with Gasteiger partial charge in [0.15, 0.2) is 0 Å². The quantitative estimate of drug-likeness (QED) is 0.815. The van der Waals surface area contributed by atoms with Gasteiger partial charge in [0, 0.05) is 5.41 Å². The summed E-state index contributed by atoms with van der Waals surface area (Å²) in [6.45, 7) is 2.13. The topological polar surface area (TPSA) is 28.7 Å². The van der Waals surface area contributed by atoms with Crippen LogP contribution >= 0.6 is 0 Å². The summed E-state index contributed by atoms with van der Waals surface area (Å²) in [5, 5.41) is 0. The molecule has 5 heteroatoms. The summed E-state index contributed by atoms with van der Waals surface area (Å²) in [6.07, 6.45) is 0.0807. The van der Waals surface area contributed by atoms with Crippen molar-refractivity contribution < 1.29 is 13.2 Å². The number of H-pyrrole nitrogens is 1. The maximum Gasteiger partial charge on any atom is 0.416 e. The largest absolute Gasteiger partial charge is 0.416 e. The van der Waals surface area contributed by atoms with Crippen LogP contribution in [0.15, 0.2) is 18.2 Å². The number of alkyl halides is 3. The summed E-state index contributed by atoms with van der Waals surface area (Å²) >= 11 is 0. The number of aromatic amines is 1. The van der Waals surface area contributed by atoms with E-state index >= 15 is 0 Å². The molecule has 2 aromatic rings. The molecule has 1 aliphatic carbocycles. The van der Waals surface area contributed by atoms with Gasteiger partial charge in [-0.15, -0.1) is 0 Å². The second-order valence-corrected chi connectivity index (χ2v) is 5.58. The highest BCUT2D eigenvalue weighted by atomic mass is 19.4. The summed E-state index contributed by atoms with van der Waals surface area (Å²) in [5.41, 5.74) is 0.429. The summed E-state index contributed by atoms with van der Waals surface area (Å²) in [6, 6.07) is 3.67. The highest BCUT2D eigenvalue weighted by Crippen LogP contribution is 2.40. The van der Waals surface area contributed by atoms with Crippen molar-refractivity contribution >= 4 is 11.0 Å². The van der Waals surface area contributed by atoms with E-state index < -0.39 is 11.7 Å². The summed E-state index contributed by atoms with van der Waals surface area (Å²) < 4.78 is 38.0. The minimum atomic E-state index is -4.31. The van der Waals surface area contributed by atoms with Gasteiger partial charge in [-0.2, -0.15) is 13.2 Å². The Morgan fingerprint density at radius 3 is 2.53 bits per heavy atom. The van der Waals surface area contributed by atoms with Crippen molar-refractivity contribution in [1.82, 2.24) is 9.97 Å². The van der Waals surface area contributed by atoms with E-state index in [4.69, 9.17) is 0 Å². The molecule has 1 saturated carbocycles. The second-order valence-electron chi connectivity index (χ2n) is 5.58. The van der Waals surface area contributed by atoms with Crippen molar-refractivity contribution in [2.24, 2.45) is 0 Å². The average molecular weight is 268 g/mol. The molecular weight excluding hydrogens is 253 g/mol. The van der Waals surface area contributed by atoms with Gasteiger partial charge in [-0.1, -0.05) is 19.8 Å². The third-order valence-electron chi connectivity index (χ3n) is 4.09. The Bertz CT molecular complexity index is 607. The monoisotopic (exact) mass is 268 g/mol. The van der Waals surface area contributed by atoms with Crippen LogP contribution in [0.2, 0.25) is 0 Å². The van der Waals surface area contributed by atoms with Gasteiger partial charge in [0.25, 0.3) is 0 Å². The molecule has 0 unspecified atom stereocenters. The second kappa shape index (κ2) is 3.99. The molecule has 1 fully saturated rings. The van der Waals surface area contributed by atoms with E-state index in [9.17, 15) is 13.2 Å². The first-order valence-electron chi connectivity index (χ1n) is 6.46. The smallest absolute Gasteiger partial charge is 0.342 e. The van der Waals surface area contributed by atoms with Crippen molar-refractivity contribution in [3.8, 4) is 0 Å². The maximum absolute atomic E-state index is 12.7. The lowest BCUT2D eigenvalue weighted by atomic mass is 9.88. The molecular formula is C14H15F3N2. The molecule has 0 aliphatic heterocycles. The molecule has 0 spiro atoms. The fraction of sp³-hybridized carbons (Fsp3) is 0.500. The predicted octanol–water partition coefficient (Wildman–Crippen LogP) is 4.41. The normalized spacial score (nSPS) is 19.2. The molecule has 1 aromatic carbocycles. The standard InChI is InChI=1S/C14H15F3N2/c1-13(6-2-3-7-13)12-18-10-5-4-9(14(15,16)17)8-11(10)19-12/h4-5,8H,2-3,6-7H2,1H3,(H,18,19). The van der Waals surface area contributed by atoms with Gasteiger partial charge < -0.3 is 4.98 Å². The Morgan fingerprint density at radius 1 is 1.21 bits per heavy atom. The molecule has 2 nitrogen and oxygen atoms in total. The minimum Gasteiger partial charge on any atom is -0.342 e. The highest BCUT2D eigenvalue weighted by molar-refractivity contribution is 5.76. The molecule has 102 valence electrons. The van der Waals surface area contributed by atoms with Gasteiger partial charge >= 0.3 is 6.18 Å². The van der Waals surface area contributed by atoms with Crippen LogP contribution in [0, 0.1) is 0 Å². The number of halogens is 3. The zero-order valence-electron chi connectivity index (χ0n) is 10.6. The number of imidazole rings is 1. The van der Waals surface area contributed by atoms with Gasteiger partial charge in [0.2, 0.25) is 0 Å². The molecule has 19 heavy (non-hydrogen) atoms. The van der Waals surface area contributed by atoms with E-state index in [1.165, 1.54) is 6.07 Å². The van der Waals surface area contributed by atoms with Crippen LogP contribution < -0.4 is 0 Å². The van der Waals surface area contributed by atoms with Crippen molar-refractivity contribution in [2.75, 3.05) is 0 Å². The van der Waals surface area contributed by atoms with Crippen molar-refractivity contribution in [3.05, 3.63) is 29.6 Å². The van der Waals surface area contributed by atoms with Gasteiger partial charge in [-0.3, -0.25) is 0 Å². The number of nitrogens with one attached hydrogen (secondary N) is 1. The van der Waals surface area contributed by atoms with Crippen LogP contribution in [0.3, 0.4) is 0 Å². The van der Waals surface area contributed by atoms with E-state index in [1.807, 2.05) is 0 Å². The first-order valence-corrected chi connectivity index (χ1v) is 6.46. The molecule has 0 amide bonds. The summed E-state index contributed by atoms with van der Waals surface area (Å²) in [7, 11) is 0. The molecule has 1 N–H and O–H groups in total. The van der Waals surface area contributed by atoms with Crippen molar-refractivity contribution in [3.63, 3.8) is 0 Å². The molecule has 1 aliphatic rings. The van der Waals surface area contributed by atoms with Gasteiger partial charge in [-0.25, -0.2) is 4.98 Å². The minimum absolute atomic E-state index is 0.0165. The number of benzene rings is 1. The number of hydrogen-bond acceptors (Lipinski definition) is 1. The van der Waals surface area contributed by atoms with Crippen LogP contribution in [0.1, 0.15) is 44.0 Å². The molecule has 3 rings (SSSR count). The van der Waals surface area contributed by atoms with Crippen molar-refractivity contribution in [2.45, 2.75) is 44.2 Å². The third kappa shape index (κ3) is 2.11. The number of aromatic nitrogens is 2. The lowest BCUT2D eigenvalue weighted by Gasteiger charge is -2.19. The van der Waals surface area contributed by atoms with E-state index in [0.29, 0.717) is 11.0 Å². The highest BCUT2D eigenvalue weighted by Gasteiger charge is 2.34. The maximum atomic E-state index is 12.7. The molecule has 0 bridgehead atoms. The Hall–Kier alpha value is -1.52. The van der Waals surface area contributed by atoms with Crippen LogP contribution in [-0.2, 0) is 11.6 Å².